The molecule has 0 aliphatic carbocycles. The summed E-state index contributed by atoms with van der Waals surface area (Å²) in [4.78, 5) is 26.2. The van der Waals surface area contributed by atoms with Crippen LogP contribution in [0.1, 0.15) is 51.7 Å². The third-order valence-electron chi connectivity index (χ3n) is 5.01. The molecule has 4 nitrogen and oxygen atoms in total. The first-order valence-electron chi connectivity index (χ1n) is 8.98. The van der Waals surface area contributed by atoms with Crippen LogP contribution >= 0.6 is 0 Å². The maximum Gasteiger partial charge on any atom is 0.268 e. The lowest BCUT2D eigenvalue weighted by atomic mass is 9.83. The van der Waals surface area contributed by atoms with E-state index in [1.165, 1.54) is 11.3 Å². The summed E-state index contributed by atoms with van der Waals surface area (Å²) in [6.07, 6.45) is 4.02. The third-order valence-corrected chi connectivity index (χ3v) is 5.01. The molecule has 0 radical (unpaired) electrons. The molecular formula is C21H25NO3. The molecule has 1 aliphatic heterocycles. The molecule has 0 atom stereocenters. The van der Waals surface area contributed by atoms with Crippen molar-refractivity contribution in [2.75, 3.05) is 18.1 Å². The van der Waals surface area contributed by atoms with Crippen LogP contribution < -0.4 is 20.5 Å². The van der Waals surface area contributed by atoms with Crippen molar-refractivity contribution in [1.29, 1.82) is 0 Å². The van der Waals surface area contributed by atoms with E-state index < -0.39 is 10.9 Å². The van der Waals surface area contributed by atoms with E-state index in [-0.39, 0.29) is 11.2 Å². The summed E-state index contributed by atoms with van der Waals surface area (Å²) in [6, 6.07) is 8.35. The maximum absolute atomic E-state index is 12.1. The van der Waals surface area contributed by atoms with Crippen LogP contribution in [0.15, 0.2) is 39.6 Å². The summed E-state index contributed by atoms with van der Waals surface area (Å²) in [7, 11) is 0. The summed E-state index contributed by atoms with van der Waals surface area (Å²) in [5, 5.41) is 0. The fraction of sp³-hybridized carbons (Fsp3) is 0.429. The number of allylic oxidation sites excluding steroid dienone is 1. The lowest BCUT2D eigenvalue weighted by molar-refractivity contribution is 0.332. The Morgan fingerprint density at radius 3 is 2.52 bits per heavy atom. The largest absolute Gasteiger partial charge is 0.489 e. The number of ether oxygens (including phenoxy) is 1. The molecular weight excluding hydrogens is 314 g/mol. The minimum atomic E-state index is -0.512. The maximum atomic E-state index is 12.1. The highest BCUT2D eigenvalue weighted by molar-refractivity contribution is 5.77. The average molecular weight is 339 g/mol. The van der Waals surface area contributed by atoms with Gasteiger partial charge >= 0.3 is 0 Å². The van der Waals surface area contributed by atoms with E-state index in [0.717, 1.165) is 25.1 Å². The molecule has 1 heterocycles. The van der Waals surface area contributed by atoms with Crippen LogP contribution in [0.2, 0.25) is 0 Å². The van der Waals surface area contributed by atoms with E-state index >= 15 is 0 Å². The first kappa shape index (κ1) is 17.5. The fourth-order valence-corrected chi connectivity index (χ4v) is 3.60. The van der Waals surface area contributed by atoms with E-state index in [1.807, 2.05) is 25.1 Å². The predicted molar refractivity (Wildman–Crippen MR) is 102 cm³/mol. The van der Waals surface area contributed by atoms with Crippen molar-refractivity contribution in [3.8, 4) is 5.75 Å². The zero-order chi connectivity index (χ0) is 18.2. The van der Waals surface area contributed by atoms with Crippen LogP contribution in [0.25, 0.3) is 6.08 Å². The highest BCUT2D eigenvalue weighted by atomic mass is 16.5. The normalized spacial score (nSPS) is 17.3. The third kappa shape index (κ3) is 2.70. The number of para-hydroxylation sites is 1. The van der Waals surface area contributed by atoms with Crippen LogP contribution in [0.3, 0.4) is 0 Å². The van der Waals surface area contributed by atoms with Crippen molar-refractivity contribution < 1.29 is 4.74 Å². The number of anilines is 1. The molecule has 3 rings (SSSR count). The predicted octanol–water partition coefficient (Wildman–Crippen LogP) is 3.62. The van der Waals surface area contributed by atoms with Gasteiger partial charge in [0.15, 0.2) is 5.75 Å². The number of fused-ring (bicyclic) bond motifs is 1. The summed E-state index contributed by atoms with van der Waals surface area (Å²) >= 11 is 0. The van der Waals surface area contributed by atoms with Gasteiger partial charge in [-0.15, -0.1) is 0 Å². The molecule has 132 valence electrons. The number of nitrogens with zero attached hydrogens (tertiary/aromatic N) is 1. The number of rotatable bonds is 6. The monoisotopic (exact) mass is 339 g/mol. The summed E-state index contributed by atoms with van der Waals surface area (Å²) in [5.41, 5.74) is 2.70. The van der Waals surface area contributed by atoms with Gasteiger partial charge in [0, 0.05) is 23.3 Å². The summed E-state index contributed by atoms with van der Waals surface area (Å²) < 4.78 is 5.39. The number of hydrogen-bond donors (Lipinski definition) is 0. The molecule has 0 spiro atoms. The Labute approximate surface area is 148 Å². The van der Waals surface area contributed by atoms with Crippen molar-refractivity contribution >= 4 is 11.8 Å². The lowest BCUT2D eigenvalue weighted by Gasteiger charge is -2.27. The highest BCUT2D eigenvalue weighted by Crippen LogP contribution is 2.48. The van der Waals surface area contributed by atoms with E-state index in [2.05, 4.69) is 37.8 Å². The first-order chi connectivity index (χ1) is 11.9. The second-order valence-electron chi connectivity index (χ2n) is 7.01. The van der Waals surface area contributed by atoms with Crippen molar-refractivity contribution in [2.24, 2.45) is 0 Å². The zero-order valence-electron chi connectivity index (χ0n) is 15.4. The van der Waals surface area contributed by atoms with Crippen LogP contribution in [-0.4, -0.2) is 13.2 Å². The van der Waals surface area contributed by atoms with Crippen LogP contribution in [-0.2, 0) is 5.41 Å². The lowest BCUT2D eigenvalue weighted by Crippen LogP contribution is -2.36. The topological polar surface area (TPSA) is 46.6 Å². The van der Waals surface area contributed by atoms with E-state index in [9.17, 15) is 9.59 Å². The Hall–Kier alpha value is -2.36. The van der Waals surface area contributed by atoms with Gasteiger partial charge < -0.3 is 9.64 Å². The number of benzene rings is 1. The van der Waals surface area contributed by atoms with Crippen molar-refractivity contribution in [1.82, 2.24) is 0 Å². The average Bonchev–Trinajstić information content (AvgIpc) is 2.83. The van der Waals surface area contributed by atoms with Crippen LogP contribution in [0.4, 0.5) is 5.69 Å². The molecule has 2 aromatic carbocycles. The molecule has 4 heteroatoms. The number of hydrogen-bond acceptors (Lipinski definition) is 4. The molecule has 0 N–H and O–H groups in total. The molecule has 0 unspecified atom stereocenters. The smallest absolute Gasteiger partial charge is 0.268 e. The van der Waals surface area contributed by atoms with Gasteiger partial charge in [0.1, 0.15) is 0 Å². The van der Waals surface area contributed by atoms with Gasteiger partial charge in [-0.2, -0.15) is 0 Å². The van der Waals surface area contributed by atoms with E-state index in [1.54, 1.807) is 0 Å². The standard InChI is InChI=1S/C21H25NO3/c1-5-7-12-22-16-11-9-8-10-15(16)21(3,4)17(22)13-14-18(23)19(24)20(14)25-6-2/h8-11,13H,5-7,12H2,1-4H3/b17-13+. The molecule has 0 amide bonds. The van der Waals surface area contributed by atoms with Gasteiger partial charge in [0.2, 0.25) is 5.43 Å². The summed E-state index contributed by atoms with van der Waals surface area (Å²) in [6.45, 7) is 9.58. The molecule has 25 heavy (non-hydrogen) atoms. The Kier molecular flexibility index (Phi) is 4.55. The molecule has 0 fully saturated rings. The second kappa shape index (κ2) is 6.51. The molecule has 1 aliphatic rings. The quantitative estimate of drug-likeness (QED) is 0.754. The Morgan fingerprint density at radius 2 is 1.84 bits per heavy atom. The Balaban J connectivity index is 2.12. The molecule has 0 bridgehead atoms. The minimum absolute atomic E-state index is 0.210. The van der Waals surface area contributed by atoms with Crippen LogP contribution in [0.5, 0.6) is 5.75 Å². The van der Waals surface area contributed by atoms with Gasteiger partial charge in [-0.3, -0.25) is 9.59 Å². The Bertz CT molecular complexity index is 885. The highest BCUT2D eigenvalue weighted by Gasteiger charge is 2.40. The van der Waals surface area contributed by atoms with Gasteiger partial charge in [-0.25, -0.2) is 0 Å². The molecule has 0 saturated heterocycles. The van der Waals surface area contributed by atoms with E-state index in [4.69, 9.17) is 4.74 Å². The summed E-state index contributed by atoms with van der Waals surface area (Å²) in [5.74, 6) is 0.210. The van der Waals surface area contributed by atoms with Gasteiger partial charge in [0.25, 0.3) is 5.43 Å². The zero-order valence-corrected chi connectivity index (χ0v) is 15.4. The fourth-order valence-electron chi connectivity index (χ4n) is 3.60. The van der Waals surface area contributed by atoms with E-state index in [0.29, 0.717) is 12.2 Å². The van der Waals surface area contributed by atoms with Gasteiger partial charge in [0.05, 0.1) is 12.2 Å². The molecule has 0 saturated carbocycles. The molecule has 2 aromatic rings. The van der Waals surface area contributed by atoms with Crippen LogP contribution in [0, 0.1) is 0 Å². The van der Waals surface area contributed by atoms with Gasteiger partial charge in [-0.1, -0.05) is 45.4 Å². The molecule has 0 aromatic heterocycles. The first-order valence-corrected chi connectivity index (χ1v) is 8.98. The Morgan fingerprint density at radius 1 is 1.12 bits per heavy atom. The second-order valence-corrected chi connectivity index (χ2v) is 7.01. The SMILES string of the molecule is CCCCN1/C(=C/c2c(OCC)c(=O)c2=O)C(C)(C)c2ccccc21. The van der Waals surface area contributed by atoms with Crippen molar-refractivity contribution in [3.05, 3.63) is 61.5 Å². The van der Waals surface area contributed by atoms with Crippen molar-refractivity contribution in [2.45, 2.75) is 46.0 Å². The van der Waals surface area contributed by atoms with Gasteiger partial charge in [-0.05, 0) is 31.1 Å². The van der Waals surface area contributed by atoms with Crippen molar-refractivity contribution in [3.63, 3.8) is 0 Å². The number of unbranched alkanes of at least 4 members (excludes halogenated alkanes) is 1. The minimum Gasteiger partial charge on any atom is -0.489 e.